The number of aromatic nitrogens is 1. The number of carboxylic acid groups (broad SMARTS) is 1. The molecule has 1 aliphatic carbocycles. The highest BCUT2D eigenvalue weighted by molar-refractivity contribution is 5.87. The third-order valence-corrected chi connectivity index (χ3v) is 3.52. The number of hydrogen-bond donors (Lipinski definition) is 3. The number of carboxylic acids is 1. The van der Waals surface area contributed by atoms with E-state index in [0.717, 1.165) is 0 Å². The fourth-order valence-corrected chi connectivity index (χ4v) is 2.39. The van der Waals surface area contributed by atoms with E-state index >= 15 is 0 Å². The predicted octanol–water partition coefficient (Wildman–Crippen LogP) is 1.77. The maximum absolute atomic E-state index is 11.6. The molecule has 108 valence electrons. The van der Waals surface area contributed by atoms with E-state index in [-0.39, 0.29) is 18.1 Å². The van der Waals surface area contributed by atoms with Gasteiger partial charge in [0.1, 0.15) is 0 Å². The minimum Gasteiger partial charge on any atom is -0.478 e. The van der Waals surface area contributed by atoms with E-state index in [0.29, 0.717) is 18.2 Å². The molecule has 1 fully saturated rings. The Morgan fingerprint density at radius 2 is 2.05 bits per heavy atom. The quantitative estimate of drug-likeness (QED) is 0.765. The smallest absolute Gasteiger partial charge is 0.335 e. The zero-order chi connectivity index (χ0) is 14.4. The summed E-state index contributed by atoms with van der Waals surface area (Å²) in [5.41, 5.74) is 0.698. The molecule has 6 nitrogen and oxygen atoms in total. The van der Waals surface area contributed by atoms with Gasteiger partial charge in [0, 0.05) is 12.7 Å². The van der Waals surface area contributed by atoms with Crippen LogP contribution in [0.15, 0.2) is 18.3 Å². The first kappa shape index (κ1) is 14.3. The molecule has 0 radical (unpaired) electrons. The third kappa shape index (κ3) is 4.22. The highest BCUT2D eigenvalue weighted by Gasteiger charge is 2.15. The number of aromatic carboxylic acids is 1. The summed E-state index contributed by atoms with van der Waals surface area (Å²) in [6.07, 6.45) is 6.29. The molecule has 0 saturated heterocycles. The Morgan fingerprint density at radius 1 is 1.30 bits per heavy atom. The average Bonchev–Trinajstić information content (AvgIpc) is 2.96. The molecule has 0 spiro atoms. The molecule has 0 atom stereocenters. The molecule has 2 rings (SSSR count). The lowest BCUT2D eigenvalue weighted by atomic mass is 10.1. The Morgan fingerprint density at radius 3 is 2.75 bits per heavy atom. The second kappa shape index (κ2) is 6.88. The standard InChI is InChI=1S/C14H19N3O3/c18-13(19)11-5-6-15-12(7-11)9-17-14(20)16-8-10-3-1-2-4-10/h5-7,10H,1-4,8-9H2,(H,18,19)(H2,16,17,20). The average molecular weight is 277 g/mol. The number of urea groups is 1. The highest BCUT2D eigenvalue weighted by Crippen LogP contribution is 2.23. The van der Waals surface area contributed by atoms with E-state index in [1.165, 1.54) is 44.0 Å². The highest BCUT2D eigenvalue weighted by atomic mass is 16.4. The number of pyridine rings is 1. The van der Waals surface area contributed by atoms with Crippen molar-refractivity contribution in [3.05, 3.63) is 29.6 Å². The monoisotopic (exact) mass is 277 g/mol. The van der Waals surface area contributed by atoms with Gasteiger partial charge in [0.05, 0.1) is 17.8 Å². The van der Waals surface area contributed by atoms with Crippen molar-refractivity contribution in [1.82, 2.24) is 15.6 Å². The van der Waals surface area contributed by atoms with Crippen molar-refractivity contribution >= 4 is 12.0 Å². The largest absolute Gasteiger partial charge is 0.478 e. The number of rotatable bonds is 5. The fourth-order valence-electron chi connectivity index (χ4n) is 2.39. The molecule has 6 heteroatoms. The number of carbonyl (C=O) groups is 2. The SMILES string of the molecule is O=C(NCc1cc(C(=O)O)ccn1)NCC1CCCC1. The maximum atomic E-state index is 11.6. The van der Waals surface area contributed by atoms with Gasteiger partial charge in [-0.1, -0.05) is 12.8 Å². The van der Waals surface area contributed by atoms with Gasteiger partial charge in [0.25, 0.3) is 0 Å². The van der Waals surface area contributed by atoms with Crippen molar-refractivity contribution in [1.29, 1.82) is 0 Å². The van der Waals surface area contributed by atoms with Gasteiger partial charge in [-0.3, -0.25) is 4.98 Å². The number of amides is 2. The van der Waals surface area contributed by atoms with Crippen LogP contribution in [-0.2, 0) is 6.54 Å². The van der Waals surface area contributed by atoms with E-state index in [2.05, 4.69) is 15.6 Å². The third-order valence-electron chi connectivity index (χ3n) is 3.52. The van der Waals surface area contributed by atoms with Crippen molar-refractivity contribution < 1.29 is 14.7 Å². The summed E-state index contributed by atoms with van der Waals surface area (Å²) in [5.74, 6) is -0.409. The van der Waals surface area contributed by atoms with Gasteiger partial charge < -0.3 is 15.7 Å². The first-order valence-corrected chi connectivity index (χ1v) is 6.85. The molecule has 1 saturated carbocycles. The van der Waals surface area contributed by atoms with Crippen LogP contribution >= 0.6 is 0 Å². The van der Waals surface area contributed by atoms with Crippen LogP contribution in [0.3, 0.4) is 0 Å². The second-order valence-corrected chi connectivity index (χ2v) is 5.06. The molecule has 1 aromatic rings. The maximum Gasteiger partial charge on any atom is 0.335 e. The van der Waals surface area contributed by atoms with Crippen LogP contribution in [0.5, 0.6) is 0 Å². The minimum atomic E-state index is -1.00. The number of carbonyl (C=O) groups excluding carboxylic acids is 1. The molecule has 3 N–H and O–H groups in total. The molecule has 0 bridgehead atoms. The second-order valence-electron chi connectivity index (χ2n) is 5.06. The lowest BCUT2D eigenvalue weighted by molar-refractivity contribution is 0.0696. The molecule has 20 heavy (non-hydrogen) atoms. The van der Waals surface area contributed by atoms with E-state index in [4.69, 9.17) is 5.11 Å². The molecule has 1 aromatic heterocycles. The molecular formula is C14H19N3O3. The van der Waals surface area contributed by atoms with Gasteiger partial charge in [-0.25, -0.2) is 9.59 Å². The molecule has 0 unspecified atom stereocenters. The zero-order valence-corrected chi connectivity index (χ0v) is 11.3. The van der Waals surface area contributed by atoms with E-state index < -0.39 is 5.97 Å². The van der Waals surface area contributed by atoms with Crippen molar-refractivity contribution in [2.45, 2.75) is 32.2 Å². The predicted molar refractivity (Wildman–Crippen MR) is 73.4 cm³/mol. The molecule has 2 amide bonds. The van der Waals surface area contributed by atoms with Crippen LogP contribution < -0.4 is 10.6 Å². The van der Waals surface area contributed by atoms with Gasteiger partial charge in [-0.15, -0.1) is 0 Å². The van der Waals surface area contributed by atoms with Gasteiger partial charge in [0.15, 0.2) is 0 Å². The van der Waals surface area contributed by atoms with Gasteiger partial charge in [0.2, 0.25) is 0 Å². The first-order chi connectivity index (χ1) is 9.65. The van der Waals surface area contributed by atoms with Crippen LogP contribution in [0.1, 0.15) is 41.7 Å². The van der Waals surface area contributed by atoms with Gasteiger partial charge in [-0.2, -0.15) is 0 Å². The summed E-state index contributed by atoms with van der Waals surface area (Å²) in [7, 11) is 0. The van der Waals surface area contributed by atoms with Crippen molar-refractivity contribution in [3.8, 4) is 0 Å². The van der Waals surface area contributed by atoms with Crippen molar-refractivity contribution in [2.24, 2.45) is 5.92 Å². The van der Waals surface area contributed by atoms with E-state index in [9.17, 15) is 9.59 Å². The number of nitrogens with zero attached hydrogens (tertiary/aromatic N) is 1. The molecule has 0 aromatic carbocycles. The number of hydrogen-bond acceptors (Lipinski definition) is 3. The van der Waals surface area contributed by atoms with Crippen molar-refractivity contribution in [2.75, 3.05) is 6.54 Å². The van der Waals surface area contributed by atoms with E-state index in [1.807, 2.05) is 0 Å². The minimum absolute atomic E-state index is 0.170. The Hall–Kier alpha value is -2.11. The Balaban J connectivity index is 1.75. The molecule has 1 heterocycles. The lowest BCUT2D eigenvalue weighted by Gasteiger charge is -2.11. The summed E-state index contributed by atoms with van der Waals surface area (Å²) >= 11 is 0. The summed E-state index contributed by atoms with van der Waals surface area (Å²) in [6.45, 7) is 0.923. The fraction of sp³-hybridized carbons (Fsp3) is 0.500. The lowest BCUT2D eigenvalue weighted by Crippen LogP contribution is -2.37. The Bertz CT molecular complexity index is 484. The summed E-state index contributed by atoms with van der Waals surface area (Å²) < 4.78 is 0. The molecule has 1 aliphatic rings. The summed E-state index contributed by atoms with van der Waals surface area (Å²) in [5, 5.41) is 14.4. The topological polar surface area (TPSA) is 91.3 Å². The molecular weight excluding hydrogens is 258 g/mol. The van der Waals surface area contributed by atoms with Gasteiger partial charge >= 0.3 is 12.0 Å². The Kier molecular flexibility index (Phi) is 4.92. The van der Waals surface area contributed by atoms with Crippen LogP contribution in [0.25, 0.3) is 0 Å². The first-order valence-electron chi connectivity index (χ1n) is 6.85. The Labute approximate surface area is 117 Å². The summed E-state index contributed by atoms with van der Waals surface area (Å²) in [4.78, 5) is 26.5. The van der Waals surface area contributed by atoms with E-state index in [1.54, 1.807) is 0 Å². The summed E-state index contributed by atoms with van der Waals surface area (Å²) in [6, 6.07) is 2.64. The normalized spacial score (nSPS) is 15.0. The zero-order valence-electron chi connectivity index (χ0n) is 11.3. The molecule has 0 aliphatic heterocycles. The van der Waals surface area contributed by atoms with Gasteiger partial charge in [-0.05, 0) is 30.9 Å². The van der Waals surface area contributed by atoms with Crippen LogP contribution in [-0.4, -0.2) is 28.6 Å². The van der Waals surface area contributed by atoms with Crippen LogP contribution in [0.2, 0.25) is 0 Å². The van der Waals surface area contributed by atoms with Crippen LogP contribution in [0.4, 0.5) is 4.79 Å². The van der Waals surface area contributed by atoms with Crippen molar-refractivity contribution in [3.63, 3.8) is 0 Å². The number of nitrogens with one attached hydrogen (secondary N) is 2. The van der Waals surface area contributed by atoms with Crippen LogP contribution in [0, 0.1) is 5.92 Å².